The number of carbonyl (C=O) groups is 1. The molecule has 0 atom stereocenters. The number of primary amides is 1. The lowest BCUT2D eigenvalue weighted by molar-refractivity contribution is 0.100. The number of halogens is 1. The molecule has 0 spiro atoms. The van der Waals surface area contributed by atoms with Gasteiger partial charge in [-0.1, -0.05) is 30.3 Å². The van der Waals surface area contributed by atoms with Crippen LogP contribution in [0.3, 0.4) is 0 Å². The number of nitrogens with one attached hydrogen (secondary N) is 1. The predicted molar refractivity (Wildman–Crippen MR) is 97.3 cm³/mol. The van der Waals surface area contributed by atoms with Gasteiger partial charge in [-0.2, -0.15) is 0 Å². The number of nitrogens with zero attached hydrogens (tertiary/aromatic N) is 1. The quantitative estimate of drug-likeness (QED) is 0.683. The van der Waals surface area contributed by atoms with Crippen LogP contribution in [0.5, 0.6) is 5.75 Å². The van der Waals surface area contributed by atoms with E-state index in [0.717, 1.165) is 5.56 Å². The minimum Gasteiger partial charge on any atom is -0.489 e. The van der Waals surface area contributed by atoms with Gasteiger partial charge in [-0.15, -0.1) is 0 Å². The Bertz CT molecular complexity index is 898. The summed E-state index contributed by atoms with van der Waals surface area (Å²) < 4.78 is 19.2. The molecule has 0 bridgehead atoms. The number of carbonyl (C=O) groups excluding carboxylic acids is 1. The number of anilines is 1. The maximum absolute atomic E-state index is 13.6. The molecule has 26 heavy (non-hydrogen) atoms. The second-order valence-corrected chi connectivity index (χ2v) is 5.66. The fraction of sp³-hybridized carbons (Fsp3) is 0.100. The SMILES string of the molecule is NC(=O)c1cnccc1NCc1ccc(OCc2ccccc2F)cc1. The number of amides is 1. The van der Waals surface area contributed by atoms with Crippen molar-refractivity contribution in [1.82, 2.24) is 4.98 Å². The maximum Gasteiger partial charge on any atom is 0.252 e. The molecule has 0 aliphatic carbocycles. The highest BCUT2D eigenvalue weighted by atomic mass is 19.1. The van der Waals surface area contributed by atoms with Gasteiger partial charge in [-0.05, 0) is 29.8 Å². The molecule has 3 aromatic rings. The van der Waals surface area contributed by atoms with Gasteiger partial charge in [0.1, 0.15) is 18.2 Å². The van der Waals surface area contributed by atoms with Crippen molar-refractivity contribution in [2.45, 2.75) is 13.2 Å². The Morgan fingerprint density at radius 3 is 2.62 bits per heavy atom. The van der Waals surface area contributed by atoms with Crippen molar-refractivity contribution >= 4 is 11.6 Å². The molecule has 0 fully saturated rings. The standard InChI is InChI=1S/C20H18FN3O2/c21-18-4-2-1-3-15(18)13-26-16-7-5-14(6-8-16)11-24-19-9-10-23-12-17(19)20(22)25/h1-10,12H,11,13H2,(H2,22,25)(H,23,24). The number of hydrogen-bond donors (Lipinski definition) is 2. The minimum atomic E-state index is -0.530. The molecule has 2 aromatic carbocycles. The van der Waals surface area contributed by atoms with E-state index in [4.69, 9.17) is 10.5 Å². The van der Waals surface area contributed by atoms with Gasteiger partial charge in [0.05, 0.1) is 11.3 Å². The van der Waals surface area contributed by atoms with E-state index in [-0.39, 0.29) is 12.4 Å². The molecule has 5 nitrogen and oxygen atoms in total. The highest BCUT2D eigenvalue weighted by molar-refractivity contribution is 5.98. The van der Waals surface area contributed by atoms with Crippen molar-refractivity contribution in [3.8, 4) is 5.75 Å². The molecule has 0 radical (unpaired) electrons. The Hall–Kier alpha value is -3.41. The summed E-state index contributed by atoms with van der Waals surface area (Å²) in [5.74, 6) is -0.160. The van der Waals surface area contributed by atoms with Crippen molar-refractivity contribution in [1.29, 1.82) is 0 Å². The van der Waals surface area contributed by atoms with E-state index in [1.54, 1.807) is 30.5 Å². The van der Waals surface area contributed by atoms with Gasteiger partial charge in [0.25, 0.3) is 5.91 Å². The molecule has 1 aromatic heterocycles. The Morgan fingerprint density at radius 1 is 1.12 bits per heavy atom. The average Bonchev–Trinajstić information content (AvgIpc) is 2.67. The van der Waals surface area contributed by atoms with Crippen LogP contribution in [0.1, 0.15) is 21.5 Å². The van der Waals surface area contributed by atoms with Crippen LogP contribution in [0, 0.1) is 5.82 Å². The minimum absolute atomic E-state index is 0.170. The highest BCUT2D eigenvalue weighted by Crippen LogP contribution is 2.18. The second-order valence-electron chi connectivity index (χ2n) is 5.66. The Kier molecular flexibility index (Phi) is 5.43. The van der Waals surface area contributed by atoms with E-state index >= 15 is 0 Å². The lowest BCUT2D eigenvalue weighted by Crippen LogP contribution is -2.14. The number of rotatable bonds is 7. The molecule has 0 aliphatic heterocycles. The highest BCUT2D eigenvalue weighted by Gasteiger charge is 2.07. The van der Waals surface area contributed by atoms with Crippen LogP contribution in [-0.2, 0) is 13.2 Å². The third kappa shape index (κ3) is 4.36. The Balaban J connectivity index is 1.58. The van der Waals surface area contributed by atoms with E-state index in [0.29, 0.717) is 29.1 Å². The largest absolute Gasteiger partial charge is 0.489 e. The van der Waals surface area contributed by atoms with Crippen molar-refractivity contribution in [3.05, 3.63) is 89.5 Å². The second kappa shape index (κ2) is 8.11. The van der Waals surface area contributed by atoms with Crippen LogP contribution in [0.25, 0.3) is 0 Å². The summed E-state index contributed by atoms with van der Waals surface area (Å²) >= 11 is 0. The molecule has 3 N–H and O–H groups in total. The van der Waals surface area contributed by atoms with Gasteiger partial charge in [-0.25, -0.2) is 4.39 Å². The van der Waals surface area contributed by atoms with Gasteiger partial charge in [-0.3, -0.25) is 9.78 Å². The lowest BCUT2D eigenvalue weighted by Gasteiger charge is -2.11. The third-order valence-corrected chi connectivity index (χ3v) is 3.85. The van der Waals surface area contributed by atoms with Gasteiger partial charge in [0.15, 0.2) is 0 Å². The van der Waals surface area contributed by atoms with E-state index in [1.165, 1.54) is 12.3 Å². The summed E-state index contributed by atoms with van der Waals surface area (Å²) in [5.41, 5.74) is 7.81. The van der Waals surface area contributed by atoms with Crippen LogP contribution in [0.2, 0.25) is 0 Å². The molecule has 6 heteroatoms. The van der Waals surface area contributed by atoms with Crippen LogP contribution >= 0.6 is 0 Å². The smallest absolute Gasteiger partial charge is 0.252 e. The van der Waals surface area contributed by atoms with Gasteiger partial charge >= 0.3 is 0 Å². The number of pyridine rings is 1. The molecule has 0 saturated heterocycles. The molecule has 1 heterocycles. The van der Waals surface area contributed by atoms with Crippen molar-refractivity contribution in [2.75, 3.05) is 5.32 Å². The number of hydrogen-bond acceptors (Lipinski definition) is 4. The van der Waals surface area contributed by atoms with Gasteiger partial charge in [0, 0.05) is 24.5 Å². The zero-order valence-corrected chi connectivity index (χ0v) is 14.0. The molecule has 0 aliphatic rings. The van der Waals surface area contributed by atoms with Crippen molar-refractivity contribution in [3.63, 3.8) is 0 Å². The number of ether oxygens (including phenoxy) is 1. The van der Waals surface area contributed by atoms with Crippen molar-refractivity contribution in [2.24, 2.45) is 5.73 Å². The fourth-order valence-electron chi connectivity index (χ4n) is 2.42. The summed E-state index contributed by atoms with van der Waals surface area (Å²) in [6.07, 6.45) is 3.03. The molecule has 0 unspecified atom stereocenters. The first-order chi connectivity index (χ1) is 12.6. The lowest BCUT2D eigenvalue weighted by atomic mass is 10.2. The van der Waals surface area contributed by atoms with E-state index < -0.39 is 5.91 Å². The first kappa shape index (κ1) is 17.4. The molecule has 1 amide bonds. The van der Waals surface area contributed by atoms with E-state index in [2.05, 4.69) is 10.3 Å². The van der Waals surface area contributed by atoms with Crippen LogP contribution in [0.15, 0.2) is 67.0 Å². The molecule has 132 valence electrons. The Labute approximate surface area is 150 Å². The zero-order chi connectivity index (χ0) is 18.4. The third-order valence-electron chi connectivity index (χ3n) is 3.85. The predicted octanol–water partition coefficient (Wildman–Crippen LogP) is 3.51. The molecule has 3 rings (SSSR count). The van der Waals surface area contributed by atoms with Gasteiger partial charge < -0.3 is 15.8 Å². The number of aromatic nitrogens is 1. The normalized spacial score (nSPS) is 10.3. The summed E-state index contributed by atoms with van der Waals surface area (Å²) in [6.45, 7) is 0.682. The monoisotopic (exact) mass is 351 g/mol. The summed E-state index contributed by atoms with van der Waals surface area (Å²) in [4.78, 5) is 15.3. The van der Waals surface area contributed by atoms with Crippen LogP contribution in [-0.4, -0.2) is 10.9 Å². The summed E-state index contributed by atoms with van der Waals surface area (Å²) in [5, 5.41) is 3.16. The zero-order valence-electron chi connectivity index (χ0n) is 14.0. The van der Waals surface area contributed by atoms with Crippen LogP contribution < -0.4 is 15.8 Å². The van der Waals surface area contributed by atoms with E-state index in [1.807, 2.05) is 24.3 Å². The number of nitrogens with two attached hydrogens (primary N) is 1. The maximum atomic E-state index is 13.6. The van der Waals surface area contributed by atoms with Crippen molar-refractivity contribution < 1.29 is 13.9 Å². The molecular weight excluding hydrogens is 333 g/mol. The first-order valence-corrected chi connectivity index (χ1v) is 8.06. The fourth-order valence-corrected chi connectivity index (χ4v) is 2.42. The average molecular weight is 351 g/mol. The topological polar surface area (TPSA) is 77.2 Å². The van der Waals surface area contributed by atoms with E-state index in [9.17, 15) is 9.18 Å². The van der Waals surface area contributed by atoms with Crippen LogP contribution in [0.4, 0.5) is 10.1 Å². The number of benzene rings is 2. The molecule has 0 saturated carbocycles. The Morgan fingerprint density at radius 2 is 1.88 bits per heavy atom. The summed E-state index contributed by atoms with van der Waals surface area (Å²) in [6, 6.07) is 15.7. The molecular formula is C20H18FN3O2. The first-order valence-electron chi connectivity index (χ1n) is 8.06. The van der Waals surface area contributed by atoms with Gasteiger partial charge in [0.2, 0.25) is 0 Å². The summed E-state index contributed by atoms with van der Waals surface area (Å²) in [7, 11) is 0.